The standard InChI is InChI=1S/C15H23N3O/c1-4-18(14-8-6-5-7-11(14)2)15(19)13-9-10-16-12(3)17-13/h9-11,14H,4-8H2,1-3H3/t11-,14-/m1/s1. The molecule has 0 aliphatic heterocycles. The Bertz CT molecular complexity index is 447. The van der Waals surface area contributed by atoms with Crippen LogP contribution in [0.4, 0.5) is 0 Å². The van der Waals surface area contributed by atoms with Gasteiger partial charge in [-0.05, 0) is 38.7 Å². The van der Waals surface area contributed by atoms with Gasteiger partial charge in [-0.15, -0.1) is 0 Å². The van der Waals surface area contributed by atoms with E-state index in [2.05, 4.69) is 16.9 Å². The van der Waals surface area contributed by atoms with Crippen LogP contribution in [0.25, 0.3) is 0 Å². The molecule has 1 aromatic heterocycles. The summed E-state index contributed by atoms with van der Waals surface area (Å²) < 4.78 is 0. The average Bonchev–Trinajstić information content (AvgIpc) is 2.41. The van der Waals surface area contributed by atoms with Crippen molar-refractivity contribution < 1.29 is 4.79 Å². The van der Waals surface area contributed by atoms with Crippen LogP contribution in [0.15, 0.2) is 12.3 Å². The first-order chi connectivity index (χ1) is 9.13. The lowest BCUT2D eigenvalue weighted by Crippen LogP contribution is -2.45. The van der Waals surface area contributed by atoms with E-state index in [-0.39, 0.29) is 5.91 Å². The highest BCUT2D eigenvalue weighted by atomic mass is 16.2. The van der Waals surface area contributed by atoms with Crippen LogP contribution in [-0.2, 0) is 0 Å². The van der Waals surface area contributed by atoms with Crippen LogP contribution in [0.5, 0.6) is 0 Å². The SMILES string of the molecule is CCN(C(=O)c1ccnc(C)n1)[C@@H]1CCCC[C@H]1C. The number of aryl methyl sites for hydroxylation is 1. The summed E-state index contributed by atoms with van der Waals surface area (Å²) in [5.41, 5.74) is 0.520. The number of nitrogens with zero attached hydrogens (tertiary/aromatic N) is 3. The van der Waals surface area contributed by atoms with Crippen molar-refractivity contribution in [3.05, 3.63) is 23.8 Å². The molecule has 0 bridgehead atoms. The molecule has 0 radical (unpaired) electrons. The molecule has 1 saturated carbocycles. The fourth-order valence-electron chi connectivity index (χ4n) is 3.01. The Hall–Kier alpha value is -1.45. The fraction of sp³-hybridized carbons (Fsp3) is 0.667. The zero-order valence-electron chi connectivity index (χ0n) is 12.1. The third-order valence-corrected chi connectivity index (χ3v) is 4.06. The molecule has 1 aliphatic carbocycles. The summed E-state index contributed by atoms with van der Waals surface area (Å²) in [6.45, 7) is 6.87. The minimum absolute atomic E-state index is 0.0479. The van der Waals surface area contributed by atoms with Crippen LogP contribution in [0.3, 0.4) is 0 Å². The molecule has 1 heterocycles. The van der Waals surface area contributed by atoms with Crippen LogP contribution < -0.4 is 0 Å². The highest BCUT2D eigenvalue weighted by molar-refractivity contribution is 5.92. The number of rotatable bonds is 3. The average molecular weight is 261 g/mol. The van der Waals surface area contributed by atoms with Crippen molar-refractivity contribution in [2.75, 3.05) is 6.54 Å². The van der Waals surface area contributed by atoms with Crippen molar-refractivity contribution in [3.63, 3.8) is 0 Å². The summed E-state index contributed by atoms with van der Waals surface area (Å²) in [6, 6.07) is 2.08. The lowest BCUT2D eigenvalue weighted by Gasteiger charge is -2.38. The Kier molecular flexibility index (Phi) is 4.51. The third kappa shape index (κ3) is 3.11. The molecular weight excluding hydrogens is 238 g/mol. The van der Waals surface area contributed by atoms with E-state index >= 15 is 0 Å². The molecule has 4 nitrogen and oxygen atoms in total. The van der Waals surface area contributed by atoms with Gasteiger partial charge in [0, 0.05) is 18.8 Å². The number of hydrogen-bond donors (Lipinski definition) is 0. The van der Waals surface area contributed by atoms with E-state index in [0.717, 1.165) is 13.0 Å². The van der Waals surface area contributed by atoms with E-state index in [1.165, 1.54) is 19.3 Å². The second-order valence-corrected chi connectivity index (χ2v) is 5.41. The van der Waals surface area contributed by atoms with Crippen LogP contribution in [0.1, 0.15) is 55.8 Å². The smallest absolute Gasteiger partial charge is 0.272 e. The minimum Gasteiger partial charge on any atom is -0.334 e. The molecular formula is C15H23N3O. The number of amides is 1. The van der Waals surface area contributed by atoms with Crippen molar-refractivity contribution in [1.82, 2.24) is 14.9 Å². The molecule has 1 aliphatic rings. The summed E-state index contributed by atoms with van der Waals surface area (Å²) in [6.07, 6.45) is 6.51. The van der Waals surface area contributed by atoms with Gasteiger partial charge < -0.3 is 4.90 Å². The van der Waals surface area contributed by atoms with Gasteiger partial charge in [0.05, 0.1) is 0 Å². The van der Waals surface area contributed by atoms with Crippen molar-refractivity contribution in [2.24, 2.45) is 5.92 Å². The summed E-state index contributed by atoms with van der Waals surface area (Å²) in [4.78, 5) is 22.9. The first-order valence-electron chi connectivity index (χ1n) is 7.24. The number of carbonyl (C=O) groups excluding carboxylic acids is 1. The quantitative estimate of drug-likeness (QED) is 0.840. The van der Waals surface area contributed by atoms with Crippen molar-refractivity contribution in [3.8, 4) is 0 Å². The summed E-state index contributed by atoms with van der Waals surface area (Å²) in [5.74, 6) is 1.28. The van der Waals surface area contributed by atoms with Gasteiger partial charge in [-0.25, -0.2) is 9.97 Å². The molecule has 0 unspecified atom stereocenters. The van der Waals surface area contributed by atoms with Crippen LogP contribution in [-0.4, -0.2) is 33.4 Å². The van der Waals surface area contributed by atoms with Gasteiger partial charge in [-0.2, -0.15) is 0 Å². The zero-order valence-corrected chi connectivity index (χ0v) is 12.1. The molecule has 19 heavy (non-hydrogen) atoms. The second kappa shape index (κ2) is 6.13. The largest absolute Gasteiger partial charge is 0.334 e. The predicted octanol–water partition coefficient (Wildman–Crippen LogP) is 2.83. The topological polar surface area (TPSA) is 46.1 Å². The maximum absolute atomic E-state index is 12.6. The van der Waals surface area contributed by atoms with Gasteiger partial charge >= 0.3 is 0 Å². The monoisotopic (exact) mass is 261 g/mol. The Morgan fingerprint density at radius 1 is 1.42 bits per heavy atom. The van der Waals surface area contributed by atoms with Gasteiger partial charge in [-0.1, -0.05) is 19.8 Å². The molecule has 2 atom stereocenters. The van der Waals surface area contributed by atoms with E-state index in [1.54, 1.807) is 12.3 Å². The first kappa shape index (κ1) is 14.0. The minimum atomic E-state index is 0.0479. The van der Waals surface area contributed by atoms with Gasteiger partial charge in [0.1, 0.15) is 11.5 Å². The summed E-state index contributed by atoms with van der Waals surface area (Å²) >= 11 is 0. The van der Waals surface area contributed by atoms with Crippen LogP contribution in [0.2, 0.25) is 0 Å². The Labute approximate surface area is 115 Å². The Morgan fingerprint density at radius 2 is 2.16 bits per heavy atom. The number of aromatic nitrogens is 2. The Balaban J connectivity index is 2.19. The molecule has 4 heteroatoms. The van der Waals surface area contributed by atoms with Gasteiger partial charge in [-0.3, -0.25) is 4.79 Å². The third-order valence-electron chi connectivity index (χ3n) is 4.06. The molecule has 0 saturated heterocycles. The van der Waals surface area contributed by atoms with Crippen molar-refractivity contribution in [2.45, 2.75) is 52.5 Å². The second-order valence-electron chi connectivity index (χ2n) is 5.41. The Morgan fingerprint density at radius 3 is 2.79 bits per heavy atom. The summed E-state index contributed by atoms with van der Waals surface area (Å²) in [7, 11) is 0. The van der Waals surface area contributed by atoms with Gasteiger partial charge in [0.15, 0.2) is 0 Å². The van der Waals surface area contributed by atoms with Gasteiger partial charge in [0.2, 0.25) is 0 Å². The normalized spacial score (nSPS) is 23.1. The van der Waals surface area contributed by atoms with Gasteiger partial charge in [0.25, 0.3) is 5.91 Å². The summed E-state index contributed by atoms with van der Waals surface area (Å²) in [5, 5.41) is 0. The number of hydrogen-bond acceptors (Lipinski definition) is 3. The maximum Gasteiger partial charge on any atom is 0.272 e. The van der Waals surface area contributed by atoms with E-state index in [4.69, 9.17) is 0 Å². The lowest BCUT2D eigenvalue weighted by molar-refractivity contribution is 0.0563. The fourth-order valence-corrected chi connectivity index (χ4v) is 3.01. The highest BCUT2D eigenvalue weighted by Gasteiger charge is 2.30. The van der Waals surface area contributed by atoms with Crippen molar-refractivity contribution in [1.29, 1.82) is 0 Å². The van der Waals surface area contributed by atoms with Crippen molar-refractivity contribution >= 4 is 5.91 Å². The van der Waals surface area contributed by atoms with E-state index in [9.17, 15) is 4.79 Å². The molecule has 2 rings (SSSR count). The molecule has 1 amide bonds. The number of carbonyl (C=O) groups is 1. The maximum atomic E-state index is 12.6. The molecule has 0 spiro atoms. The molecule has 1 aromatic rings. The van der Waals surface area contributed by atoms with Crippen LogP contribution in [0, 0.1) is 12.8 Å². The van der Waals surface area contributed by atoms with Crippen LogP contribution >= 0.6 is 0 Å². The van der Waals surface area contributed by atoms with E-state index in [1.807, 2.05) is 18.7 Å². The highest BCUT2D eigenvalue weighted by Crippen LogP contribution is 2.28. The molecule has 0 N–H and O–H groups in total. The van der Waals surface area contributed by atoms with E-state index in [0.29, 0.717) is 23.5 Å². The molecule has 1 fully saturated rings. The van der Waals surface area contributed by atoms with E-state index < -0.39 is 0 Å². The molecule has 104 valence electrons. The zero-order chi connectivity index (χ0) is 13.8. The first-order valence-corrected chi connectivity index (χ1v) is 7.24. The lowest BCUT2D eigenvalue weighted by atomic mass is 9.84. The molecule has 0 aromatic carbocycles. The predicted molar refractivity (Wildman–Crippen MR) is 74.9 cm³/mol.